The zero-order valence-corrected chi connectivity index (χ0v) is 18.8. The lowest BCUT2D eigenvalue weighted by Crippen LogP contribution is -2.72. The Morgan fingerprint density at radius 3 is 2.45 bits per heavy atom. The molecule has 170 valence electrons. The van der Waals surface area contributed by atoms with Crippen LogP contribution in [0.3, 0.4) is 0 Å². The maximum absolute atomic E-state index is 13.0. The molecule has 4 N–H and O–H groups in total. The van der Waals surface area contributed by atoms with Crippen LogP contribution in [0.2, 0.25) is 0 Å². The normalized spacial score (nSPS) is 24.0. The van der Waals surface area contributed by atoms with Crippen LogP contribution in [0.25, 0.3) is 0 Å². The number of carboxylic acid groups (broad SMARTS) is 1. The predicted molar refractivity (Wildman–Crippen MR) is 121 cm³/mol. The first kappa shape index (κ1) is 22.7. The molecule has 0 saturated heterocycles. The molecule has 2 unspecified atom stereocenters. The van der Waals surface area contributed by atoms with Gasteiger partial charge >= 0.3 is 5.97 Å². The smallest absolute Gasteiger partial charge is 0.332 e. The molecule has 1 aliphatic heterocycles. The van der Waals surface area contributed by atoms with Crippen molar-refractivity contribution in [3.05, 3.63) is 77.1 Å². The van der Waals surface area contributed by atoms with Crippen LogP contribution in [-0.2, 0) is 27.3 Å². The molecule has 1 aromatic carbocycles. The molecule has 2 heterocycles. The van der Waals surface area contributed by atoms with Crippen molar-refractivity contribution in [1.29, 1.82) is 0 Å². The lowest BCUT2D eigenvalue weighted by Gasteiger charge is -2.54. The summed E-state index contributed by atoms with van der Waals surface area (Å²) in [5, 5.41) is 12.8. The number of amides is 2. The molecule has 0 radical (unpaired) electrons. The molecule has 1 saturated carbocycles. The standard InChI is InChI=1S/C24H23N3O5S/c1-24-19(20(29)21(24)26-17(28)11-14-5-3-2-4-6-14)18(23(31)32)16(13-33-24)12-27-9-7-15(8-10-27)22(25)30/h2-10,19,21H,11-13H2,1H3,(H3-,25,26,28,30,31,32)/p+1/t19?,21-,24?/m1/s1. The molecular formula is C24H24N3O5S+. The van der Waals surface area contributed by atoms with E-state index in [0.29, 0.717) is 16.9 Å². The Kier molecular flexibility index (Phi) is 6.07. The first-order chi connectivity index (χ1) is 15.7. The number of primary amides is 1. The Hall–Kier alpha value is -3.46. The third-order valence-corrected chi connectivity index (χ3v) is 7.82. The van der Waals surface area contributed by atoms with E-state index in [2.05, 4.69) is 5.32 Å². The van der Waals surface area contributed by atoms with E-state index in [4.69, 9.17) is 5.73 Å². The molecule has 2 aliphatic rings. The number of carbonyl (C=O) groups is 4. The lowest BCUT2D eigenvalue weighted by molar-refractivity contribution is -0.689. The molecular weight excluding hydrogens is 442 g/mol. The highest BCUT2D eigenvalue weighted by Crippen LogP contribution is 2.54. The highest BCUT2D eigenvalue weighted by atomic mass is 32.2. The summed E-state index contributed by atoms with van der Waals surface area (Å²) in [5.41, 5.74) is 7.19. The van der Waals surface area contributed by atoms with Crippen LogP contribution in [0.1, 0.15) is 22.8 Å². The van der Waals surface area contributed by atoms with Crippen LogP contribution in [0.15, 0.2) is 66.0 Å². The van der Waals surface area contributed by atoms with Crippen LogP contribution < -0.4 is 15.6 Å². The van der Waals surface area contributed by atoms with Crippen LogP contribution >= 0.6 is 11.8 Å². The highest BCUT2D eigenvalue weighted by molar-refractivity contribution is 8.01. The molecule has 2 amide bonds. The molecule has 1 aromatic heterocycles. The summed E-state index contributed by atoms with van der Waals surface area (Å²) >= 11 is 1.49. The van der Waals surface area contributed by atoms with E-state index in [1.165, 1.54) is 11.8 Å². The van der Waals surface area contributed by atoms with Crippen molar-refractivity contribution in [3.63, 3.8) is 0 Å². The fourth-order valence-corrected chi connectivity index (χ4v) is 5.96. The number of hydrogen-bond acceptors (Lipinski definition) is 5. The summed E-state index contributed by atoms with van der Waals surface area (Å²) in [6.07, 6.45) is 3.46. The van der Waals surface area contributed by atoms with Crippen molar-refractivity contribution >= 4 is 35.3 Å². The Morgan fingerprint density at radius 1 is 1.18 bits per heavy atom. The molecule has 0 spiro atoms. The van der Waals surface area contributed by atoms with Crippen molar-refractivity contribution in [2.24, 2.45) is 11.7 Å². The summed E-state index contributed by atoms with van der Waals surface area (Å²) in [4.78, 5) is 49.0. The van der Waals surface area contributed by atoms with Gasteiger partial charge in [-0.2, -0.15) is 0 Å². The SMILES string of the molecule is CC12SCC(C[n+]3ccc(C(N)=O)cc3)=C(C(=O)O)C1C(=O)[C@H]2NC(=O)Cc1ccccc1. The van der Waals surface area contributed by atoms with Gasteiger partial charge < -0.3 is 16.2 Å². The average Bonchev–Trinajstić information content (AvgIpc) is 2.79. The van der Waals surface area contributed by atoms with E-state index in [1.807, 2.05) is 37.3 Å². The van der Waals surface area contributed by atoms with Gasteiger partial charge in [0.1, 0.15) is 6.04 Å². The number of benzene rings is 1. The Labute approximate surface area is 194 Å². The molecule has 3 atom stereocenters. The molecule has 33 heavy (non-hydrogen) atoms. The molecule has 8 nitrogen and oxygen atoms in total. The van der Waals surface area contributed by atoms with Gasteiger partial charge in [0.25, 0.3) is 0 Å². The number of aliphatic carboxylic acids is 1. The third-order valence-electron chi connectivity index (χ3n) is 6.23. The first-order valence-electron chi connectivity index (χ1n) is 10.5. The van der Waals surface area contributed by atoms with Gasteiger partial charge in [0.2, 0.25) is 11.8 Å². The van der Waals surface area contributed by atoms with Gasteiger partial charge in [0.15, 0.2) is 24.7 Å². The summed E-state index contributed by atoms with van der Waals surface area (Å²) in [6.45, 7) is 2.12. The minimum atomic E-state index is -1.13. The Morgan fingerprint density at radius 2 is 1.85 bits per heavy atom. The van der Waals surface area contributed by atoms with Gasteiger partial charge in [-0.15, -0.1) is 11.8 Å². The molecule has 0 bridgehead atoms. The highest BCUT2D eigenvalue weighted by Gasteiger charge is 2.64. The number of aromatic nitrogens is 1. The summed E-state index contributed by atoms with van der Waals surface area (Å²) in [7, 11) is 0. The van der Waals surface area contributed by atoms with Gasteiger partial charge in [-0.05, 0) is 12.5 Å². The average molecular weight is 467 g/mol. The van der Waals surface area contributed by atoms with Crippen molar-refractivity contribution in [1.82, 2.24) is 5.32 Å². The van der Waals surface area contributed by atoms with Gasteiger partial charge in [0, 0.05) is 23.5 Å². The Balaban J connectivity index is 1.52. The molecule has 1 fully saturated rings. The maximum Gasteiger partial charge on any atom is 0.332 e. The lowest BCUT2D eigenvalue weighted by atomic mass is 9.63. The largest absolute Gasteiger partial charge is 0.478 e. The second-order valence-corrected chi connectivity index (χ2v) is 9.87. The summed E-state index contributed by atoms with van der Waals surface area (Å²) < 4.78 is 1.03. The number of pyridine rings is 1. The van der Waals surface area contributed by atoms with E-state index >= 15 is 0 Å². The maximum atomic E-state index is 13.0. The van der Waals surface area contributed by atoms with Crippen molar-refractivity contribution in [3.8, 4) is 0 Å². The van der Waals surface area contributed by atoms with Gasteiger partial charge in [-0.25, -0.2) is 9.36 Å². The second kappa shape index (κ2) is 8.82. The van der Waals surface area contributed by atoms with Crippen LogP contribution in [-0.4, -0.2) is 45.2 Å². The molecule has 4 rings (SSSR count). The van der Waals surface area contributed by atoms with Gasteiger partial charge in [0.05, 0.1) is 28.2 Å². The van der Waals surface area contributed by atoms with E-state index < -0.39 is 28.6 Å². The third kappa shape index (κ3) is 4.28. The van der Waals surface area contributed by atoms with E-state index in [0.717, 1.165) is 5.56 Å². The number of fused-ring (bicyclic) bond motifs is 1. The van der Waals surface area contributed by atoms with E-state index in [9.17, 15) is 24.3 Å². The number of rotatable bonds is 7. The summed E-state index contributed by atoms with van der Waals surface area (Å²) in [5.74, 6) is -2.60. The van der Waals surface area contributed by atoms with Crippen LogP contribution in [0.4, 0.5) is 0 Å². The molecule has 2 aromatic rings. The Bertz CT molecular complexity index is 1160. The number of nitrogens with zero attached hydrogens (tertiary/aromatic N) is 1. The van der Waals surface area contributed by atoms with Crippen LogP contribution in [0.5, 0.6) is 0 Å². The molecule has 1 aliphatic carbocycles. The van der Waals surface area contributed by atoms with Crippen molar-refractivity contribution in [2.75, 3.05) is 5.75 Å². The number of thioether (sulfide) groups is 1. The fraction of sp³-hybridized carbons (Fsp3) is 0.292. The quantitative estimate of drug-likeness (QED) is 0.520. The fourth-order valence-electron chi connectivity index (χ4n) is 4.48. The number of Topliss-reactive ketones (excluding diaryl/α,β-unsaturated/α-hetero) is 1. The number of nitrogens with two attached hydrogens (primary N) is 1. The number of nitrogens with one attached hydrogen (secondary N) is 1. The van der Waals surface area contributed by atoms with Crippen molar-refractivity contribution < 1.29 is 28.9 Å². The van der Waals surface area contributed by atoms with Gasteiger partial charge in [-0.3, -0.25) is 14.4 Å². The van der Waals surface area contributed by atoms with Crippen LogP contribution in [0, 0.1) is 5.92 Å². The minimum absolute atomic E-state index is 0.0984. The number of ketones is 1. The zero-order valence-electron chi connectivity index (χ0n) is 18.0. The monoisotopic (exact) mass is 466 g/mol. The number of hydrogen-bond donors (Lipinski definition) is 3. The number of carboxylic acids is 1. The molecule has 9 heteroatoms. The zero-order chi connectivity index (χ0) is 23.8. The second-order valence-electron chi connectivity index (χ2n) is 8.42. The summed E-state index contributed by atoms with van der Waals surface area (Å²) in [6, 6.07) is 11.6. The van der Waals surface area contributed by atoms with E-state index in [1.54, 1.807) is 29.1 Å². The predicted octanol–water partition coefficient (Wildman–Crippen LogP) is 0.886. The van der Waals surface area contributed by atoms with Crippen molar-refractivity contribution in [2.45, 2.75) is 30.7 Å². The topological polar surface area (TPSA) is 130 Å². The minimum Gasteiger partial charge on any atom is -0.478 e. The number of carbonyl (C=O) groups excluding carboxylic acids is 3. The van der Waals surface area contributed by atoms with Gasteiger partial charge in [-0.1, -0.05) is 30.3 Å². The first-order valence-corrected chi connectivity index (χ1v) is 11.4. The van der Waals surface area contributed by atoms with E-state index in [-0.39, 0.29) is 30.2 Å².